The Balaban J connectivity index is 2.76. The Bertz CT molecular complexity index is 451. The van der Waals surface area contributed by atoms with Crippen LogP contribution in [0.5, 0.6) is 5.75 Å². The smallest absolute Gasteiger partial charge is 0.311 e. The standard InChI is InChI=1S/C15H24N2O4/c1-3-9-21-15-10-13(5-6-14(15)17(19)20)16-11-12(4-2)7-8-18/h5-6,10,12,16,18H,3-4,7-9,11H2,1-2H3. The molecule has 1 aromatic rings. The maximum absolute atomic E-state index is 11.0. The lowest BCUT2D eigenvalue weighted by atomic mass is 10.0. The molecule has 0 saturated heterocycles. The highest BCUT2D eigenvalue weighted by Crippen LogP contribution is 2.30. The summed E-state index contributed by atoms with van der Waals surface area (Å²) in [5, 5.41) is 23.2. The molecule has 1 rings (SSSR count). The normalized spacial score (nSPS) is 12.0. The lowest BCUT2D eigenvalue weighted by Crippen LogP contribution is -2.15. The maximum Gasteiger partial charge on any atom is 0.311 e. The van der Waals surface area contributed by atoms with Crippen LogP contribution in [0.25, 0.3) is 0 Å². The summed E-state index contributed by atoms with van der Waals surface area (Å²) in [7, 11) is 0. The van der Waals surface area contributed by atoms with Gasteiger partial charge in [-0.1, -0.05) is 20.3 Å². The van der Waals surface area contributed by atoms with E-state index in [1.165, 1.54) is 6.07 Å². The van der Waals surface area contributed by atoms with E-state index < -0.39 is 4.92 Å². The zero-order valence-electron chi connectivity index (χ0n) is 12.7. The molecule has 21 heavy (non-hydrogen) atoms. The van der Waals surface area contributed by atoms with Crippen LogP contribution in [0.3, 0.4) is 0 Å². The molecule has 1 unspecified atom stereocenters. The first-order valence-corrected chi connectivity index (χ1v) is 7.38. The van der Waals surface area contributed by atoms with Crippen molar-refractivity contribution in [2.45, 2.75) is 33.1 Å². The van der Waals surface area contributed by atoms with Crippen molar-refractivity contribution in [3.63, 3.8) is 0 Å². The Morgan fingerprint density at radius 2 is 2.19 bits per heavy atom. The number of anilines is 1. The number of hydrogen-bond acceptors (Lipinski definition) is 5. The number of rotatable bonds is 10. The molecule has 1 atom stereocenters. The second-order valence-electron chi connectivity index (χ2n) is 4.96. The molecule has 118 valence electrons. The van der Waals surface area contributed by atoms with Crippen molar-refractivity contribution < 1.29 is 14.8 Å². The molecule has 0 heterocycles. The molecule has 0 aliphatic carbocycles. The summed E-state index contributed by atoms with van der Waals surface area (Å²) in [6, 6.07) is 4.81. The highest BCUT2D eigenvalue weighted by atomic mass is 16.6. The molecular weight excluding hydrogens is 272 g/mol. The number of nitrogens with zero attached hydrogens (tertiary/aromatic N) is 1. The van der Waals surface area contributed by atoms with Crippen molar-refractivity contribution in [3.8, 4) is 5.75 Å². The summed E-state index contributed by atoms with van der Waals surface area (Å²) in [6.45, 7) is 5.38. The zero-order valence-corrected chi connectivity index (χ0v) is 12.7. The lowest BCUT2D eigenvalue weighted by molar-refractivity contribution is -0.385. The molecule has 0 spiro atoms. The van der Waals surface area contributed by atoms with Crippen LogP contribution in [0.2, 0.25) is 0 Å². The van der Waals surface area contributed by atoms with Crippen LogP contribution in [0.4, 0.5) is 11.4 Å². The van der Waals surface area contributed by atoms with E-state index in [0.29, 0.717) is 18.3 Å². The minimum atomic E-state index is -0.435. The third kappa shape index (κ3) is 5.59. The van der Waals surface area contributed by atoms with Crippen molar-refractivity contribution in [3.05, 3.63) is 28.3 Å². The molecule has 2 N–H and O–H groups in total. The van der Waals surface area contributed by atoms with Gasteiger partial charge in [-0.05, 0) is 24.8 Å². The van der Waals surface area contributed by atoms with Crippen LogP contribution in [0, 0.1) is 16.0 Å². The SMILES string of the molecule is CCCOc1cc(NCC(CC)CCO)ccc1[N+](=O)[O-]. The number of aliphatic hydroxyl groups excluding tert-OH is 1. The first kappa shape index (κ1) is 17.2. The number of hydrogen-bond donors (Lipinski definition) is 2. The maximum atomic E-state index is 11.0. The highest BCUT2D eigenvalue weighted by Gasteiger charge is 2.16. The predicted molar refractivity (Wildman–Crippen MR) is 82.9 cm³/mol. The van der Waals surface area contributed by atoms with Gasteiger partial charge in [0.2, 0.25) is 0 Å². The Morgan fingerprint density at radius 1 is 1.43 bits per heavy atom. The largest absolute Gasteiger partial charge is 0.487 e. The van der Waals surface area contributed by atoms with Gasteiger partial charge in [-0.2, -0.15) is 0 Å². The van der Waals surface area contributed by atoms with Gasteiger partial charge in [-0.25, -0.2) is 0 Å². The fourth-order valence-electron chi connectivity index (χ4n) is 2.00. The van der Waals surface area contributed by atoms with Crippen molar-refractivity contribution in [1.29, 1.82) is 0 Å². The molecule has 0 aliphatic rings. The number of nitro groups is 1. The Kier molecular flexibility index (Phi) is 7.53. The van der Waals surface area contributed by atoms with E-state index in [2.05, 4.69) is 12.2 Å². The number of aliphatic hydroxyl groups is 1. The van der Waals surface area contributed by atoms with E-state index in [1.54, 1.807) is 12.1 Å². The topological polar surface area (TPSA) is 84.6 Å². The molecule has 0 saturated carbocycles. The third-order valence-corrected chi connectivity index (χ3v) is 3.33. The third-order valence-electron chi connectivity index (χ3n) is 3.33. The van der Waals surface area contributed by atoms with Crippen LogP contribution in [-0.2, 0) is 0 Å². The van der Waals surface area contributed by atoms with Crippen LogP contribution in [0.1, 0.15) is 33.1 Å². The van der Waals surface area contributed by atoms with Gasteiger partial charge in [0.25, 0.3) is 0 Å². The minimum Gasteiger partial charge on any atom is -0.487 e. The van der Waals surface area contributed by atoms with Gasteiger partial charge in [0.05, 0.1) is 11.5 Å². The summed E-state index contributed by atoms with van der Waals surface area (Å²) in [5.74, 6) is 0.673. The molecular formula is C15H24N2O4. The van der Waals surface area contributed by atoms with E-state index >= 15 is 0 Å². The first-order chi connectivity index (χ1) is 10.1. The number of ether oxygens (including phenoxy) is 1. The van der Waals surface area contributed by atoms with Crippen molar-refractivity contribution in [2.75, 3.05) is 25.1 Å². The van der Waals surface area contributed by atoms with Crippen LogP contribution in [0.15, 0.2) is 18.2 Å². The molecule has 0 fully saturated rings. The molecule has 0 aliphatic heterocycles. The highest BCUT2D eigenvalue weighted by molar-refractivity contribution is 5.58. The monoisotopic (exact) mass is 296 g/mol. The molecule has 0 radical (unpaired) electrons. The van der Waals surface area contributed by atoms with Crippen molar-refractivity contribution >= 4 is 11.4 Å². The van der Waals surface area contributed by atoms with Gasteiger partial charge in [0, 0.05) is 31.0 Å². The summed E-state index contributed by atoms with van der Waals surface area (Å²) in [6.07, 6.45) is 2.51. The fourth-order valence-corrected chi connectivity index (χ4v) is 2.00. The van der Waals surface area contributed by atoms with E-state index in [-0.39, 0.29) is 12.3 Å². The van der Waals surface area contributed by atoms with Crippen LogP contribution >= 0.6 is 0 Å². The minimum absolute atomic E-state index is 0.0172. The Morgan fingerprint density at radius 3 is 2.76 bits per heavy atom. The Hall–Kier alpha value is -1.82. The van der Waals surface area contributed by atoms with E-state index in [4.69, 9.17) is 9.84 Å². The molecule has 1 aromatic carbocycles. The number of nitrogens with one attached hydrogen (secondary N) is 1. The van der Waals surface area contributed by atoms with Crippen molar-refractivity contribution in [2.24, 2.45) is 5.92 Å². The van der Waals surface area contributed by atoms with Crippen LogP contribution in [-0.4, -0.2) is 29.8 Å². The quantitative estimate of drug-likeness (QED) is 0.511. The van der Waals surface area contributed by atoms with Gasteiger partial charge in [0.1, 0.15) is 0 Å². The second-order valence-corrected chi connectivity index (χ2v) is 4.96. The number of nitro benzene ring substituents is 1. The van der Waals surface area contributed by atoms with Crippen molar-refractivity contribution in [1.82, 2.24) is 0 Å². The van der Waals surface area contributed by atoms with Gasteiger partial charge in [0.15, 0.2) is 5.75 Å². The van der Waals surface area contributed by atoms with Gasteiger partial charge in [-0.15, -0.1) is 0 Å². The summed E-state index contributed by atoms with van der Waals surface area (Å²) in [4.78, 5) is 10.5. The molecule has 6 nitrogen and oxygen atoms in total. The molecule has 0 aromatic heterocycles. The second kappa shape index (κ2) is 9.18. The zero-order chi connectivity index (χ0) is 15.7. The van der Waals surface area contributed by atoms with Crippen LogP contribution < -0.4 is 10.1 Å². The van der Waals surface area contributed by atoms with Gasteiger partial charge in [-0.3, -0.25) is 10.1 Å². The Labute approximate surface area is 125 Å². The predicted octanol–water partition coefficient (Wildman–Crippen LogP) is 3.20. The average Bonchev–Trinajstić information content (AvgIpc) is 2.49. The molecule has 6 heteroatoms. The molecule has 0 amide bonds. The van der Waals surface area contributed by atoms with E-state index in [9.17, 15) is 10.1 Å². The molecule has 0 bridgehead atoms. The lowest BCUT2D eigenvalue weighted by Gasteiger charge is -2.16. The van der Waals surface area contributed by atoms with E-state index in [1.807, 2.05) is 6.92 Å². The first-order valence-electron chi connectivity index (χ1n) is 7.38. The fraction of sp³-hybridized carbons (Fsp3) is 0.600. The summed E-state index contributed by atoms with van der Waals surface area (Å²) in [5.41, 5.74) is 0.777. The summed E-state index contributed by atoms with van der Waals surface area (Å²) >= 11 is 0. The number of benzene rings is 1. The average molecular weight is 296 g/mol. The summed E-state index contributed by atoms with van der Waals surface area (Å²) < 4.78 is 5.45. The van der Waals surface area contributed by atoms with Gasteiger partial charge >= 0.3 is 5.69 Å². The van der Waals surface area contributed by atoms with Gasteiger partial charge < -0.3 is 15.2 Å². The van der Waals surface area contributed by atoms with E-state index in [0.717, 1.165) is 31.5 Å².